The molecule has 4 heteroatoms. The molecule has 1 atom stereocenters. The van der Waals surface area contributed by atoms with E-state index in [2.05, 4.69) is 11.9 Å². The molecule has 1 unspecified atom stereocenters. The van der Waals surface area contributed by atoms with Crippen molar-refractivity contribution in [2.45, 2.75) is 30.4 Å². The highest BCUT2D eigenvalue weighted by molar-refractivity contribution is 8.00. The largest absolute Gasteiger partial charge is 0.396 e. The standard InChI is InChI=1S/C10H14ClNOS/c1-7-6-12-10(11)5-9(7)14-8(2)3-4-13/h5-6,8,13H,3-4H2,1-2H3. The minimum Gasteiger partial charge on any atom is -0.396 e. The van der Waals surface area contributed by atoms with E-state index in [1.54, 1.807) is 18.0 Å². The van der Waals surface area contributed by atoms with Gasteiger partial charge in [0.1, 0.15) is 5.15 Å². The molecule has 0 aliphatic carbocycles. The Morgan fingerprint density at radius 2 is 2.36 bits per heavy atom. The molecule has 1 aromatic heterocycles. The summed E-state index contributed by atoms with van der Waals surface area (Å²) in [6.07, 6.45) is 2.57. The van der Waals surface area contributed by atoms with E-state index in [0.717, 1.165) is 16.9 Å². The number of aromatic nitrogens is 1. The lowest BCUT2D eigenvalue weighted by molar-refractivity contribution is 0.289. The van der Waals surface area contributed by atoms with Gasteiger partial charge in [-0.25, -0.2) is 4.98 Å². The predicted molar refractivity (Wildman–Crippen MR) is 61.0 cm³/mol. The molecule has 1 heterocycles. The first kappa shape index (κ1) is 11.8. The van der Waals surface area contributed by atoms with E-state index in [9.17, 15) is 0 Å². The molecular weight excluding hydrogens is 218 g/mol. The van der Waals surface area contributed by atoms with Crippen molar-refractivity contribution in [3.63, 3.8) is 0 Å². The molecule has 0 amide bonds. The molecule has 0 spiro atoms. The molecule has 0 aromatic carbocycles. The van der Waals surface area contributed by atoms with Gasteiger partial charge in [0.05, 0.1) is 0 Å². The summed E-state index contributed by atoms with van der Waals surface area (Å²) >= 11 is 7.53. The van der Waals surface area contributed by atoms with Crippen LogP contribution >= 0.6 is 23.4 Å². The second kappa shape index (κ2) is 5.59. The van der Waals surface area contributed by atoms with E-state index < -0.39 is 0 Å². The molecule has 78 valence electrons. The Hall–Kier alpha value is -0.250. The number of hydrogen-bond acceptors (Lipinski definition) is 3. The van der Waals surface area contributed by atoms with Crippen LogP contribution in [0, 0.1) is 6.92 Å². The first-order valence-electron chi connectivity index (χ1n) is 4.53. The molecule has 1 rings (SSSR count). The second-order valence-electron chi connectivity index (χ2n) is 3.21. The number of aliphatic hydroxyl groups is 1. The van der Waals surface area contributed by atoms with Gasteiger partial charge in [-0.2, -0.15) is 0 Å². The van der Waals surface area contributed by atoms with Crippen molar-refractivity contribution in [3.05, 3.63) is 23.0 Å². The van der Waals surface area contributed by atoms with Crippen molar-refractivity contribution >= 4 is 23.4 Å². The van der Waals surface area contributed by atoms with Gasteiger partial charge in [-0.3, -0.25) is 0 Å². The number of nitrogens with zero attached hydrogens (tertiary/aromatic N) is 1. The van der Waals surface area contributed by atoms with E-state index in [-0.39, 0.29) is 6.61 Å². The Balaban J connectivity index is 2.70. The van der Waals surface area contributed by atoms with Gasteiger partial charge in [0, 0.05) is 22.9 Å². The Morgan fingerprint density at radius 1 is 1.64 bits per heavy atom. The van der Waals surface area contributed by atoms with Crippen LogP contribution in [0.4, 0.5) is 0 Å². The minimum atomic E-state index is 0.228. The quantitative estimate of drug-likeness (QED) is 0.639. The molecule has 1 N–H and O–H groups in total. The van der Waals surface area contributed by atoms with Crippen molar-refractivity contribution in [1.82, 2.24) is 4.98 Å². The van der Waals surface area contributed by atoms with E-state index in [4.69, 9.17) is 16.7 Å². The molecule has 0 bridgehead atoms. The van der Waals surface area contributed by atoms with Crippen LogP contribution in [0.2, 0.25) is 5.15 Å². The fourth-order valence-corrected chi connectivity index (χ4v) is 2.36. The average molecular weight is 232 g/mol. The smallest absolute Gasteiger partial charge is 0.130 e. The van der Waals surface area contributed by atoms with E-state index in [1.165, 1.54) is 0 Å². The van der Waals surface area contributed by atoms with Gasteiger partial charge in [-0.15, -0.1) is 11.8 Å². The van der Waals surface area contributed by atoms with Crippen LogP contribution < -0.4 is 0 Å². The average Bonchev–Trinajstić information content (AvgIpc) is 2.12. The fourth-order valence-electron chi connectivity index (χ4n) is 1.07. The molecule has 1 aromatic rings. The van der Waals surface area contributed by atoms with Crippen molar-refractivity contribution in [1.29, 1.82) is 0 Å². The zero-order valence-electron chi connectivity index (χ0n) is 8.33. The number of hydrogen-bond donors (Lipinski definition) is 1. The van der Waals surface area contributed by atoms with Crippen molar-refractivity contribution in [3.8, 4) is 0 Å². The third kappa shape index (κ3) is 3.48. The van der Waals surface area contributed by atoms with Crippen molar-refractivity contribution in [2.75, 3.05) is 6.61 Å². The van der Waals surface area contributed by atoms with Gasteiger partial charge in [0.2, 0.25) is 0 Å². The molecule has 0 radical (unpaired) electrons. The normalized spacial score (nSPS) is 12.9. The van der Waals surface area contributed by atoms with Crippen LogP contribution in [0.3, 0.4) is 0 Å². The van der Waals surface area contributed by atoms with E-state index in [0.29, 0.717) is 10.4 Å². The highest BCUT2D eigenvalue weighted by atomic mass is 35.5. The topological polar surface area (TPSA) is 33.1 Å². The summed E-state index contributed by atoms with van der Waals surface area (Å²) in [5, 5.41) is 9.71. The lowest BCUT2D eigenvalue weighted by Gasteiger charge is -2.11. The van der Waals surface area contributed by atoms with Gasteiger partial charge in [0.25, 0.3) is 0 Å². The van der Waals surface area contributed by atoms with Gasteiger partial charge in [-0.1, -0.05) is 18.5 Å². The van der Waals surface area contributed by atoms with Crippen molar-refractivity contribution < 1.29 is 5.11 Å². The maximum absolute atomic E-state index is 8.79. The number of rotatable bonds is 4. The summed E-state index contributed by atoms with van der Waals surface area (Å²) in [6.45, 7) is 4.33. The van der Waals surface area contributed by atoms with Crippen molar-refractivity contribution in [2.24, 2.45) is 0 Å². The number of aliphatic hydroxyl groups excluding tert-OH is 1. The third-order valence-corrected chi connectivity index (χ3v) is 3.42. The van der Waals surface area contributed by atoms with Gasteiger partial charge in [-0.05, 0) is 25.0 Å². The Kier molecular flexibility index (Phi) is 4.72. The van der Waals surface area contributed by atoms with Gasteiger partial charge >= 0.3 is 0 Å². The molecule has 2 nitrogen and oxygen atoms in total. The molecule has 0 saturated heterocycles. The van der Waals surface area contributed by atoms with E-state index >= 15 is 0 Å². The lowest BCUT2D eigenvalue weighted by Crippen LogP contribution is -1.99. The third-order valence-electron chi connectivity index (χ3n) is 1.88. The maximum Gasteiger partial charge on any atom is 0.130 e. The number of aryl methyl sites for hydroxylation is 1. The highest BCUT2D eigenvalue weighted by Gasteiger charge is 2.07. The summed E-state index contributed by atoms with van der Waals surface area (Å²) in [7, 11) is 0. The molecule has 0 fully saturated rings. The molecular formula is C10H14ClNOS. The molecule has 0 aliphatic rings. The van der Waals surface area contributed by atoms with Crippen LogP contribution in [0.25, 0.3) is 0 Å². The van der Waals surface area contributed by atoms with Gasteiger partial charge < -0.3 is 5.11 Å². The zero-order chi connectivity index (χ0) is 10.6. The monoisotopic (exact) mass is 231 g/mol. The summed E-state index contributed by atoms with van der Waals surface area (Å²) < 4.78 is 0. The lowest BCUT2D eigenvalue weighted by atomic mass is 10.3. The van der Waals surface area contributed by atoms with Crippen LogP contribution in [0.15, 0.2) is 17.2 Å². The number of pyridine rings is 1. The Bertz CT molecular complexity index is 306. The van der Waals surface area contributed by atoms with E-state index in [1.807, 2.05) is 13.0 Å². The summed E-state index contributed by atoms with van der Waals surface area (Å²) in [6, 6.07) is 1.87. The first-order valence-corrected chi connectivity index (χ1v) is 5.79. The maximum atomic E-state index is 8.79. The first-order chi connectivity index (χ1) is 6.63. The highest BCUT2D eigenvalue weighted by Crippen LogP contribution is 2.29. The summed E-state index contributed by atoms with van der Waals surface area (Å²) in [4.78, 5) is 5.14. The predicted octanol–water partition coefficient (Wildman–Crippen LogP) is 2.91. The minimum absolute atomic E-state index is 0.228. The Morgan fingerprint density at radius 3 is 3.00 bits per heavy atom. The second-order valence-corrected chi connectivity index (χ2v) is 5.08. The molecule has 0 saturated carbocycles. The SMILES string of the molecule is Cc1cnc(Cl)cc1SC(C)CCO. The van der Waals surface area contributed by atoms with Crippen LogP contribution in [-0.2, 0) is 0 Å². The fraction of sp³-hybridized carbons (Fsp3) is 0.500. The zero-order valence-corrected chi connectivity index (χ0v) is 9.90. The van der Waals surface area contributed by atoms with Crippen LogP contribution in [0.5, 0.6) is 0 Å². The Labute approximate surface area is 93.7 Å². The molecule has 14 heavy (non-hydrogen) atoms. The number of thioether (sulfide) groups is 1. The summed E-state index contributed by atoms with van der Waals surface area (Å²) in [5.74, 6) is 0. The van der Waals surface area contributed by atoms with Gasteiger partial charge in [0.15, 0.2) is 0 Å². The van der Waals surface area contributed by atoms with Crippen LogP contribution in [-0.4, -0.2) is 21.9 Å². The molecule has 0 aliphatic heterocycles. The summed E-state index contributed by atoms with van der Waals surface area (Å²) in [5.41, 5.74) is 1.13. The number of halogens is 1. The van der Waals surface area contributed by atoms with Crippen LogP contribution in [0.1, 0.15) is 18.9 Å².